The van der Waals surface area contributed by atoms with Crippen LogP contribution in [0, 0.1) is 5.92 Å². The van der Waals surface area contributed by atoms with Gasteiger partial charge in [0.2, 0.25) is 5.91 Å². The molecular formula is C16H31N4O4S+. The lowest BCUT2D eigenvalue weighted by Gasteiger charge is -2.38. The van der Waals surface area contributed by atoms with Crippen LogP contribution in [0.1, 0.15) is 19.8 Å². The highest BCUT2D eigenvalue weighted by atomic mass is 32.2. The lowest BCUT2D eigenvalue weighted by molar-refractivity contribution is -0.902. The summed E-state index contributed by atoms with van der Waals surface area (Å²) in [5.74, 6) is 0.192. The minimum atomic E-state index is -3.41. The number of rotatable bonds is 4. The molecule has 3 aliphatic rings. The Morgan fingerprint density at radius 2 is 1.56 bits per heavy atom. The minimum Gasteiger partial charge on any atom is -0.379 e. The Labute approximate surface area is 150 Å². The van der Waals surface area contributed by atoms with E-state index in [-0.39, 0.29) is 11.8 Å². The molecule has 3 rings (SSSR count). The molecule has 144 valence electrons. The van der Waals surface area contributed by atoms with Gasteiger partial charge in [0.15, 0.2) is 0 Å². The molecule has 0 aromatic rings. The molecular weight excluding hydrogens is 344 g/mol. The number of carbonyl (C=O) groups is 1. The van der Waals surface area contributed by atoms with Crippen molar-refractivity contribution in [2.45, 2.75) is 19.8 Å². The summed E-state index contributed by atoms with van der Waals surface area (Å²) in [6, 6.07) is 0. The van der Waals surface area contributed by atoms with Gasteiger partial charge in [-0.2, -0.15) is 17.0 Å². The Balaban J connectivity index is 1.50. The summed E-state index contributed by atoms with van der Waals surface area (Å²) in [7, 11) is -3.41. The minimum absolute atomic E-state index is 0.0284. The molecule has 0 aliphatic carbocycles. The second kappa shape index (κ2) is 8.30. The van der Waals surface area contributed by atoms with Gasteiger partial charge in [-0.1, -0.05) is 0 Å². The van der Waals surface area contributed by atoms with Crippen molar-refractivity contribution in [2.75, 3.05) is 72.1 Å². The summed E-state index contributed by atoms with van der Waals surface area (Å²) in [5, 5.41) is 0. The van der Waals surface area contributed by atoms with Crippen molar-refractivity contribution in [1.82, 2.24) is 13.5 Å². The number of morpholine rings is 1. The predicted octanol–water partition coefficient (Wildman–Crippen LogP) is -1.98. The zero-order chi connectivity index (χ0) is 17.9. The molecule has 8 nitrogen and oxygen atoms in total. The number of quaternary nitrogens is 1. The topological polar surface area (TPSA) is 74.6 Å². The van der Waals surface area contributed by atoms with Gasteiger partial charge in [-0.25, -0.2) is 0 Å². The molecule has 0 saturated carbocycles. The highest BCUT2D eigenvalue weighted by molar-refractivity contribution is 7.86. The first kappa shape index (κ1) is 19.0. The van der Waals surface area contributed by atoms with Crippen LogP contribution in [0.2, 0.25) is 0 Å². The predicted molar refractivity (Wildman–Crippen MR) is 93.4 cm³/mol. The maximum atomic E-state index is 12.7. The molecule has 9 heteroatoms. The summed E-state index contributed by atoms with van der Waals surface area (Å²) in [4.78, 5) is 16.3. The Hall–Kier alpha value is -0.740. The molecule has 0 bridgehead atoms. The van der Waals surface area contributed by atoms with Gasteiger partial charge < -0.3 is 14.5 Å². The smallest absolute Gasteiger partial charge is 0.282 e. The van der Waals surface area contributed by atoms with Crippen molar-refractivity contribution in [3.8, 4) is 0 Å². The largest absolute Gasteiger partial charge is 0.379 e. The number of nitrogens with zero attached hydrogens (tertiary/aromatic N) is 3. The lowest BCUT2D eigenvalue weighted by atomic mass is 9.96. The van der Waals surface area contributed by atoms with E-state index in [4.69, 9.17) is 4.74 Å². The Morgan fingerprint density at radius 1 is 1.00 bits per heavy atom. The summed E-state index contributed by atoms with van der Waals surface area (Å²) in [6.45, 7) is 9.63. The number of hydrogen-bond acceptors (Lipinski definition) is 4. The van der Waals surface area contributed by atoms with Crippen molar-refractivity contribution >= 4 is 16.1 Å². The average Bonchev–Trinajstić information content (AvgIpc) is 2.68. The number of ether oxygens (including phenoxy) is 1. The molecule has 0 radical (unpaired) electrons. The fraction of sp³-hybridized carbons (Fsp3) is 0.938. The molecule has 3 fully saturated rings. The first-order valence-electron chi connectivity index (χ1n) is 9.47. The van der Waals surface area contributed by atoms with Gasteiger partial charge in [0, 0.05) is 32.1 Å². The summed E-state index contributed by atoms with van der Waals surface area (Å²) < 4.78 is 33.7. The number of amides is 1. The van der Waals surface area contributed by atoms with E-state index < -0.39 is 10.2 Å². The SMILES string of the molecule is CC[NH+]1CCN(C(=O)C2CCN(S(=O)(=O)N3CCOCC3)CC2)CC1. The number of hydrogen-bond donors (Lipinski definition) is 1. The van der Waals surface area contributed by atoms with Gasteiger partial charge in [-0.15, -0.1) is 0 Å². The molecule has 3 saturated heterocycles. The third kappa shape index (κ3) is 4.33. The van der Waals surface area contributed by atoms with Crippen molar-refractivity contribution in [3.05, 3.63) is 0 Å². The summed E-state index contributed by atoms with van der Waals surface area (Å²) in [5.41, 5.74) is 0. The molecule has 0 aromatic carbocycles. The van der Waals surface area contributed by atoms with Crippen LogP contribution < -0.4 is 4.90 Å². The number of piperazine rings is 1. The number of piperidine rings is 1. The summed E-state index contributed by atoms with van der Waals surface area (Å²) in [6.07, 6.45) is 1.26. The molecule has 25 heavy (non-hydrogen) atoms. The third-order valence-corrected chi connectivity index (χ3v) is 7.74. The standard InChI is InChI=1S/C16H30N4O4S/c1-2-17-7-9-18(10-8-17)16(21)15-3-5-19(6-4-15)25(22,23)20-11-13-24-14-12-20/h15H,2-14H2,1H3/p+1. The normalized spacial score (nSPS) is 26.0. The van der Waals surface area contributed by atoms with Crippen LogP contribution in [0.3, 0.4) is 0 Å². The van der Waals surface area contributed by atoms with Gasteiger partial charge in [-0.3, -0.25) is 4.79 Å². The van der Waals surface area contributed by atoms with Crippen LogP contribution in [0.4, 0.5) is 0 Å². The van der Waals surface area contributed by atoms with E-state index in [1.807, 2.05) is 4.90 Å². The quantitative estimate of drug-likeness (QED) is 0.618. The Kier molecular flexibility index (Phi) is 6.32. The van der Waals surface area contributed by atoms with Gasteiger partial charge in [0.05, 0.1) is 45.9 Å². The van der Waals surface area contributed by atoms with Crippen LogP contribution in [-0.4, -0.2) is 100.0 Å². The van der Waals surface area contributed by atoms with E-state index in [9.17, 15) is 13.2 Å². The van der Waals surface area contributed by atoms with E-state index in [1.165, 1.54) is 4.31 Å². The van der Waals surface area contributed by atoms with Crippen molar-refractivity contribution in [1.29, 1.82) is 0 Å². The fourth-order valence-corrected chi connectivity index (χ4v) is 5.54. The highest BCUT2D eigenvalue weighted by Crippen LogP contribution is 2.23. The maximum absolute atomic E-state index is 12.7. The number of carbonyl (C=O) groups excluding carboxylic acids is 1. The highest BCUT2D eigenvalue weighted by Gasteiger charge is 2.37. The molecule has 0 atom stereocenters. The van der Waals surface area contributed by atoms with E-state index in [0.717, 1.165) is 32.7 Å². The first-order chi connectivity index (χ1) is 12.0. The van der Waals surface area contributed by atoms with Crippen LogP contribution in [0.15, 0.2) is 0 Å². The second-order valence-corrected chi connectivity index (χ2v) is 9.05. The molecule has 1 amide bonds. The zero-order valence-electron chi connectivity index (χ0n) is 15.2. The summed E-state index contributed by atoms with van der Waals surface area (Å²) >= 11 is 0. The molecule has 3 aliphatic heterocycles. The zero-order valence-corrected chi connectivity index (χ0v) is 16.0. The van der Waals surface area contributed by atoms with Crippen molar-refractivity contribution in [3.63, 3.8) is 0 Å². The number of likely N-dealkylation sites (N-methyl/N-ethyl adjacent to an activating group) is 1. The van der Waals surface area contributed by atoms with E-state index >= 15 is 0 Å². The Bertz CT molecular complexity index is 548. The first-order valence-corrected chi connectivity index (χ1v) is 10.9. The monoisotopic (exact) mass is 375 g/mol. The van der Waals surface area contributed by atoms with Crippen LogP contribution >= 0.6 is 0 Å². The molecule has 1 N–H and O–H groups in total. The van der Waals surface area contributed by atoms with Crippen LogP contribution in [0.25, 0.3) is 0 Å². The van der Waals surface area contributed by atoms with Crippen molar-refractivity contribution in [2.24, 2.45) is 5.92 Å². The lowest BCUT2D eigenvalue weighted by Crippen LogP contribution is -3.14. The van der Waals surface area contributed by atoms with E-state index in [2.05, 4.69) is 6.92 Å². The molecule has 0 aromatic heterocycles. The van der Waals surface area contributed by atoms with Crippen LogP contribution in [-0.2, 0) is 19.7 Å². The molecule has 0 spiro atoms. The van der Waals surface area contributed by atoms with Gasteiger partial charge in [0.1, 0.15) is 0 Å². The van der Waals surface area contributed by atoms with E-state index in [0.29, 0.717) is 52.2 Å². The van der Waals surface area contributed by atoms with Gasteiger partial charge in [0.25, 0.3) is 10.2 Å². The molecule has 3 heterocycles. The van der Waals surface area contributed by atoms with Gasteiger partial charge >= 0.3 is 0 Å². The van der Waals surface area contributed by atoms with Crippen LogP contribution in [0.5, 0.6) is 0 Å². The molecule has 0 unspecified atom stereocenters. The fourth-order valence-electron chi connectivity index (χ4n) is 3.93. The van der Waals surface area contributed by atoms with Crippen molar-refractivity contribution < 1.29 is 22.8 Å². The Morgan fingerprint density at radius 3 is 2.12 bits per heavy atom. The second-order valence-electron chi connectivity index (χ2n) is 7.12. The third-order valence-electron chi connectivity index (χ3n) is 5.71. The van der Waals surface area contributed by atoms with Gasteiger partial charge in [-0.05, 0) is 19.8 Å². The maximum Gasteiger partial charge on any atom is 0.282 e. The van der Waals surface area contributed by atoms with E-state index in [1.54, 1.807) is 9.21 Å². The number of nitrogens with one attached hydrogen (secondary N) is 1. The average molecular weight is 376 g/mol.